The van der Waals surface area contributed by atoms with E-state index in [2.05, 4.69) is 19.8 Å². The van der Waals surface area contributed by atoms with E-state index in [1.165, 1.54) is 7.11 Å². The molecule has 0 aliphatic heterocycles. The molecule has 0 atom stereocenters. The summed E-state index contributed by atoms with van der Waals surface area (Å²) < 4.78 is 42.8. The van der Waals surface area contributed by atoms with Crippen LogP contribution in [-0.4, -0.2) is 37.8 Å². The highest BCUT2D eigenvalue weighted by Crippen LogP contribution is 2.28. The van der Waals surface area contributed by atoms with Crippen LogP contribution in [0, 0.1) is 0 Å². The Kier molecular flexibility index (Phi) is 2.56. The molecule has 2 rings (SSSR count). The van der Waals surface area contributed by atoms with Crippen LogP contribution in [0.4, 0.5) is 13.2 Å². The number of aromatic nitrogens is 4. The van der Waals surface area contributed by atoms with E-state index < -0.39 is 29.3 Å². The van der Waals surface area contributed by atoms with E-state index in [4.69, 9.17) is 5.11 Å². The minimum atomic E-state index is -4.77. The zero-order valence-corrected chi connectivity index (χ0v) is 8.76. The van der Waals surface area contributed by atoms with E-state index in [0.717, 1.165) is 0 Å². The standard InChI is InChI=1S/C8H5F3N4O3/c1-18-7-13-6-12-4(8(9,10)11)2-3(5(16)17)15(6)14-7/h2H,1H3,(H,16,17). The molecule has 7 nitrogen and oxygen atoms in total. The first kappa shape index (κ1) is 12.1. The van der Waals surface area contributed by atoms with E-state index in [9.17, 15) is 18.0 Å². The molecular weight excluding hydrogens is 257 g/mol. The van der Waals surface area contributed by atoms with Crippen LogP contribution >= 0.6 is 0 Å². The molecule has 2 heterocycles. The van der Waals surface area contributed by atoms with Gasteiger partial charge in [0.1, 0.15) is 0 Å². The molecule has 0 amide bonds. The van der Waals surface area contributed by atoms with E-state index in [1.54, 1.807) is 0 Å². The number of hydrogen-bond donors (Lipinski definition) is 1. The third-order valence-corrected chi connectivity index (χ3v) is 1.98. The van der Waals surface area contributed by atoms with E-state index in [-0.39, 0.29) is 6.01 Å². The first-order valence-electron chi connectivity index (χ1n) is 4.45. The molecule has 2 aromatic rings. The first-order valence-corrected chi connectivity index (χ1v) is 4.45. The molecule has 18 heavy (non-hydrogen) atoms. The summed E-state index contributed by atoms with van der Waals surface area (Å²) in [5.41, 5.74) is -2.06. The van der Waals surface area contributed by atoms with Gasteiger partial charge in [-0.15, -0.1) is 5.10 Å². The maximum Gasteiger partial charge on any atom is 0.433 e. The molecule has 0 aromatic carbocycles. The highest BCUT2D eigenvalue weighted by molar-refractivity contribution is 5.86. The second-order valence-electron chi connectivity index (χ2n) is 3.14. The first-order chi connectivity index (χ1) is 8.32. The third-order valence-electron chi connectivity index (χ3n) is 1.98. The van der Waals surface area contributed by atoms with Crippen LogP contribution in [0.2, 0.25) is 0 Å². The minimum Gasteiger partial charge on any atom is -0.477 e. The van der Waals surface area contributed by atoms with Crippen LogP contribution in [0.3, 0.4) is 0 Å². The van der Waals surface area contributed by atoms with Crippen molar-refractivity contribution in [2.75, 3.05) is 7.11 Å². The number of fused-ring (bicyclic) bond motifs is 1. The summed E-state index contributed by atoms with van der Waals surface area (Å²) in [6.45, 7) is 0. The van der Waals surface area contributed by atoms with Crippen LogP contribution in [0.5, 0.6) is 6.01 Å². The lowest BCUT2D eigenvalue weighted by atomic mass is 10.3. The molecule has 0 aliphatic carbocycles. The maximum atomic E-state index is 12.5. The predicted octanol–water partition coefficient (Wildman–Crippen LogP) is 0.850. The van der Waals surface area contributed by atoms with Crippen LogP contribution in [0.25, 0.3) is 5.78 Å². The van der Waals surface area contributed by atoms with Gasteiger partial charge in [-0.2, -0.15) is 22.7 Å². The van der Waals surface area contributed by atoms with Crippen molar-refractivity contribution in [1.29, 1.82) is 0 Å². The van der Waals surface area contributed by atoms with Gasteiger partial charge >= 0.3 is 18.2 Å². The van der Waals surface area contributed by atoms with Gasteiger partial charge in [-0.1, -0.05) is 0 Å². The van der Waals surface area contributed by atoms with Crippen molar-refractivity contribution in [3.63, 3.8) is 0 Å². The van der Waals surface area contributed by atoms with Crippen molar-refractivity contribution in [3.05, 3.63) is 17.5 Å². The summed E-state index contributed by atoms with van der Waals surface area (Å²) in [5, 5.41) is 12.4. The lowest BCUT2D eigenvalue weighted by Gasteiger charge is -2.06. The minimum absolute atomic E-state index is 0.274. The van der Waals surface area contributed by atoms with Gasteiger partial charge in [-0.05, 0) is 0 Å². The fourth-order valence-electron chi connectivity index (χ4n) is 1.23. The van der Waals surface area contributed by atoms with Gasteiger partial charge in [-0.3, -0.25) is 0 Å². The summed E-state index contributed by atoms with van der Waals surface area (Å²) >= 11 is 0. The fraction of sp³-hybridized carbons (Fsp3) is 0.250. The molecule has 0 saturated carbocycles. The average molecular weight is 262 g/mol. The highest BCUT2D eigenvalue weighted by Gasteiger charge is 2.35. The zero-order chi connectivity index (χ0) is 13.5. The number of ether oxygens (including phenoxy) is 1. The quantitative estimate of drug-likeness (QED) is 0.862. The number of hydrogen-bond acceptors (Lipinski definition) is 5. The van der Waals surface area contributed by atoms with E-state index >= 15 is 0 Å². The van der Waals surface area contributed by atoms with Gasteiger partial charge < -0.3 is 9.84 Å². The van der Waals surface area contributed by atoms with Crippen LogP contribution in [-0.2, 0) is 6.18 Å². The Bertz CT molecular complexity index is 622. The van der Waals surface area contributed by atoms with Crippen molar-refractivity contribution in [3.8, 4) is 6.01 Å². The largest absolute Gasteiger partial charge is 0.477 e. The number of carboxylic acids is 1. The zero-order valence-electron chi connectivity index (χ0n) is 8.76. The Morgan fingerprint density at radius 2 is 2.11 bits per heavy atom. The van der Waals surface area contributed by atoms with Crippen molar-refractivity contribution < 1.29 is 27.8 Å². The molecule has 1 N–H and O–H groups in total. The number of nitrogens with zero attached hydrogens (tertiary/aromatic N) is 4. The van der Waals surface area contributed by atoms with Gasteiger partial charge in [0, 0.05) is 6.07 Å². The maximum absolute atomic E-state index is 12.5. The summed E-state index contributed by atoms with van der Waals surface area (Å²) in [6.07, 6.45) is -4.77. The van der Waals surface area contributed by atoms with E-state index in [0.29, 0.717) is 10.6 Å². The lowest BCUT2D eigenvalue weighted by molar-refractivity contribution is -0.141. The predicted molar refractivity (Wildman–Crippen MR) is 49.3 cm³/mol. The van der Waals surface area contributed by atoms with Crippen LogP contribution in [0.1, 0.15) is 16.2 Å². The number of methoxy groups -OCH3 is 1. The normalized spacial score (nSPS) is 11.8. The average Bonchev–Trinajstić information content (AvgIpc) is 2.68. The Morgan fingerprint density at radius 1 is 1.44 bits per heavy atom. The number of rotatable bonds is 2. The van der Waals surface area contributed by atoms with Crippen molar-refractivity contribution in [2.45, 2.75) is 6.18 Å². The number of halogens is 3. The highest BCUT2D eigenvalue weighted by atomic mass is 19.4. The third kappa shape index (κ3) is 1.92. The molecule has 2 aromatic heterocycles. The second kappa shape index (κ2) is 3.82. The van der Waals surface area contributed by atoms with Crippen molar-refractivity contribution >= 4 is 11.7 Å². The van der Waals surface area contributed by atoms with Gasteiger partial charge in [0.25, 0.3) is 5.78 Å². The number of carbonyl (C=O) groups is 1. The lowest BCUT2D eigenvalue weighted by Crippen LogP contribution is -2.15. The number of alkyl halides is 3. The van der Waals surface area contributed by atoms with E-state index in [1.807, 2.05) is 0 Å². The molecule has 0 fully saturated rings. The molecule has 0 unspecified atom stereocenters. The molecule has 0 radical (unpaired) electrons. The molecule has 0 spiro atoms. The Labute approximate surface area is 96.8 Å². The molecule has 0 saturated heterocycles. The summed E-state index contributed by atoms with van der Waals surface area (Å²) in [6, 6.07) is 0.105. The molecular formula is C8H5F3N4O3. The summed E-state index contributed by atoms with van der Waals surface area (Å²) in [4.78, 5) is 17.5. The Hall–Kier alpha value is -2.39. The van der Waals surface area contributed by atoms with Crippen molar-refractivity contribution in [1.82, 2.24) is 19.6 Å². The van der Waals surface area contributed by atoms with Gasteiger partial charge in [0.2, 0.25) is 0 Å². The number of aromatic carboxylic acids is 1. The molecule has 0 bridgehead atoms. The van der Waals surface area contributed by atoms with Gasteiger partial charge in [0.15, 0.2) is 11.4 Å². The van der Waals surface area contributed by atoms with Gasteiger partial charge in [-0.25, -0.2) is 9.78 Å². The second-order valence-corrected chi connectivity index (χ2v) is 3.14. The molecule has 10 heteroatoms. The van der Waals surface area contributed by atoms with Crippen LogP contribution in [0.15, 0.2) is 6.07 Å². The Balaban J connectivity index is 2.76. The molecule has 96 valence electrons. The summed E-state index contributed by atoms with van der Waals surface area (Å²) in [7, 11) is 1.19. The monoisotopic (exact) mass is 262 g/mol. The smallest absolute Gasteiger partial charge is 0.433 e. The summed E-state index contributed by atoms with van der Waals surface area (Å²) in [5.74, 6) is -2.08. The molecule has 0 aliphatic rings. The topological polar surface area (TPSA) is 89.6 Å². The van der Waals surface area contributed by atoms with Crippen LogP contribution < -0.4 is 4.74 Å². The number of carboxylic acid groups (broad SMARTS) is 1. The van der Waals surface area contributed by atoms with Gasteiger partial charge in [0.05, 0.1) is 7.11 Å². The Morgan fingerprint density at radius 3 is 2.61 bits per heavy atom. The fourth-order valence-corrected chi connectivity index (χ4v) is 1.23. The van der Waals surface area contributed by atoms with Crippen molar-refractivity contribution in [2.24, 2.45) is 0 Å². The SMILES string of the molecule is COc1nc2nc(C(F)(F)F)cc(C(=O)O)n2n1.